The van der Waals surface area contributed by atoms with Crippen molar-refractivity contribution in [1.82, 2.24) is 4.90 Å². The van der Waals surface area contributed by atoms with Crippen molar-refractivity contribution in [3.8, 4) is 16.9 Å². The fraction of sp³-hybridized carbons (Fsp3) is 0.125. The molecule has 5 N–H and O–H groups in total. The van der Waals surface area contributed by atoms with Gasteiger partial charge in [-0.25, -0.2) is 13.6 Å². The normalized spacial score (nSPS) is 10.9. The number of nitrogens with two attached hydrogens (primary N) is 2. The van der Waals surface area contributed by atoms with Crippen LogP contribution in [0.5, 0.6) is 5.75 Å². The van der Waals surface area contributed by atoms with Gasteiger partial charge in [0.1, 0.15) is 18.1 Å². The number of amides is 1. The molecule has 3 rings (SSSR count). The van der Waals surface area contributed by atoms with Gasteiger partial charge >= 0.3 is 5.97 Å². The third-order valence-electron chi connectivity index (χ3n) is 5.00. The Kier molecular flexibility index (Phi) is 7.84. The number of sulfonamides is 1. The van der Waals surface area contributed by atoms with Crippen molar-refractivity contribution in [3.63, 3.8) is 0 Å². The average molecular weight is 497 g/mol. The summed E-state index contributed by atoms with van der Waals surface area (Å²) in [6.45, 7) is -0.636. The number of nitrogen functional groups attached to an aromatic ring is 1. The first-order valence-electron chi connectivity index (χ1n) is 10.3. The number of methoxy groups -OCH3 is 1. The molecule has 182 valence electrons. The fourth-order valence-electron chi connectivity index (χ4n) is 3.23. The Morgan fingerprint density at radius 3 is 2.29 bits per heavy atom. The van der Waals surface area contributed by atoms with Crippen LogP contribution in [-0.2, 0) is 19.6 Å². The van der Waals surface area contributed by atoms with Crippen LogP contribution in [0.15, 0.2) is 77.7 Å². The summed E-state index contributed by atoms with van der Waals surface area (Å²) in [5, 5.41) is 12.8. The molecule has 0 unspecified atom stereocenters. The smallest absolute Gasteiger partial charge is 0.325 e. The van der Waals surface area contributed by atoms with Gasteiger partial charge in [0, 0.05) is 16.7 Å². The molecule has 0 radical (unpaired) electrons. The van der Waals surface area contributed by atoms with E-state index in [0.29, 0.717) is 22.4 Å². The van der Waals surface area contributed by atoms with Gasteiger partial charge in [-0.3, -0.25) is 19.9 Å². The predicted octanol–water partition coefficient (Wildman–Crippen LogP) is 1.94. The lowest BCUT2D eigenvalue weighted by atomic mass is 10.0. The van der Waals surface area contributed by atoms with E-state index in [0.717, 1.165) is 4.90 Å². The molecule has 11 heteroatoms. The van der Waals surface area contributed by atoms with Gasteiger partial charge in [-0.15, -0.1) is 0 Å². The molecule has 0 atom stereocenters. The molecule has 3 aromatic rings. The number of amidine groups is 1. The quantitative estimate of drug-likeness (QED) is 0.176. The lowest BCUT2D eigenvalue weighted by molar-refractivity contribution is -0.142. The van der Waals surface area contributed by atoms with Crippen molar-refractivity contribution in [2.45, 2.75) is 4.90 Å². The number of carbonyl (C=O) groups is 2. The molecule has 0 spiro atoms. The zero-order valence-corrected chi connectivity index (χ0v) is 19.6. The molecule has 0 bridgehead atoms. The van der Waals surface area contributed by atoms with E-state index in [9.17, 15) is 18.0 Å². The summed E-state index contributed by atoms with van der Waals surface area (Å²) in [7, 11) is -2.74. The Morgan fingerprint density at radius 2 is 1.66 bits per heavy atom. The summed E-state index contributed by atoms with van der Waals surface area (Å²) >= 11 is 0. The van der Waals surface area contributed by atoms with Gasteiger partial charge in [0.05, 0.1) is 12.0 Å². The van der Waals surface area contributed by atoms with Gasteiger partial charge in [0.15, 0.2) is 6.73 Å². The van der Waals surface area contributed by atoms with Gasteiger partial charge in [0.2, 0.25) is 10.0 Å². The molecule has 10 nitrogen and oxygen atoms in total. The molecular weight excluding hydrogens is 472 g/mol. The Labute approximate surface area is 202 Å². The average Bonchev–Trinajstić information content (AvgIpc) is 2.85. The molecule has 0 aliphatic rings. The largest absolute Gasteiger partial charge is 0.473 e. The van der Waals surface area contributed by atoms with Gasteiger partial charge < -0.3 is 15.2 Å². The number of rotatable bonds is 9. The maximum atomic E-state index is 13.1. The summed E-state index contributed by atoms with van der Waals surface area (Å²) in [5.41, 5.74) is 7.13. The topological polar surface area (TPSA) is 166 Å². The van der Waals surface area contributed by atoms with Gasteiger partial charge in [0.25, 0.3) is 5.91 Å². The lowest BCUT2D eigenvalue weighted by Gasteiger charge is -2.22. The van der Waals surface area contributed by atoms with E-state index in [2.05, 4.69) is 4.74 Å². The van der Waals surface area contributed by atoms with Crippen LogP contribution in [0.1, 0.15) is 15.9 Å². The van der Waals surface area contributed by atoms with Gasteiger partial charge in [-0.05, 0) is 35.9 Å². The summed E-state index contributed by atoms with van der Waals surface area (Å²) in [6.07, 6.45) is 0. The van der Waals surface area contributed by atoms with E-state index in [1.54, 1.807) is 54.6 Å². The zero-order chi connectivity index (χ0) is 25.6. The van der Waals surface area contributed by atoms with E-state index >= 15 is 0 Å². The standard InChI is InChI=1S/C24H24N4O6S/c1-33-22(29)14-28(15-34-19-6-4-5-18(13-19)23(25)26)24(30)17-11-9-16(10-12-17)20-7-2-3-8-21(20)35(27,31)32/h2-13H,14-15H2,1H3,(H3,25,26)(H2,27,31,32). The van der Waals surface area contributed by atoms with Crippen LogP contribution in [0.2, 0.25) is 0 Å². The molecule has 0 aliphatic heterocycles. The molecule has 1 amide bonds. The molecule has 0 saturated heterocycles. The van der Waals surface area contributed by atoms with Crippen LogP contribution in [0.25, 0.3) is 11.1 Å². The lowest BCUT2D eigenvalue weighted by Crippen LogP contribution is -2.39. The van der Waals surface area contributed by atoms with E-state index in [-0.39, 0.29) is 29.6 Å². The van der Waals surface area contributed by atoms with Crippen molar-refractivity contribution in [2.75, 3.05) is 20.4 Å². The SMILES string of the molecule is COC(=O)CN(COc1cccc(C(=N)N)c1)C(=O)c1ccc(-c2ccccc2S(N)(=O)=O)cc1. The Bertz CT molecular complexity index is 1360. The molecule has 0 aromatic heterocycles. The van der Waals surface area contributed by atoms with Crippen LogP contribution >= 0.6 is 0 Å². The molecular formula is C24H24N4O6S. The van der Waals surface area contributed by atoms with Crippen LogP contribution in [0.4, 0.5) is 0 Å². The first kappa shape index (κ1) is 25.4. The van der Waals surface area contributed by atoms with Crippen molar-refractivity contribution >= 4 is 27.7 Å². The molecule has 0 heterocycles. The second-order valence-electron chi connectivity index (χ2n) is 7.41. The number of benzene rings is 3. The highest BCUT2D eigenvalue weighted by Crippen LogP contribution is 2.27. The monoisotopic (exact) mass is 496 g/mol. The Morgan fingerprint density at radius 1 is 0.971 bits per heavy atom. The fourth-order valence-corrected chi connectivity index (χ4v) is 3.99. The van der Waals surface area contributed by atoms with Gasteiger partial charge in [-0.1, -0.05) is 42.5 Å². The summed E-state index contributed by atoms with van der Waals surface area (Å²) in [5.74, 6) is -0.931. The Balaban J connectivity index is 1.84. The third kappa shape index (κ3) is 6.43. The number of esters is 1. The minimum atomic E-state index is -3.94. The van der Waals surface area contributed by atoms with Crippen LogP contribution in [0.3, 0.4) is 0 Å². The minimum absolute atomic E-state index is 0.0346. The van der Waals surface area contributed by atoms with E-state index < -0.39 is 21.9 Å². The number of nitrogens with one attached hydrogen (secondary N) is 1. The van der Waals surface area contributed by atoms with Crippen molar-refractivity contribution in [1.29, 1.82) is 5.41 Å². The number of carbonyl (C=O) groups excluding carboxylic acids is 2. The van der Waals surface area contributed by atoms with Crippen LogP contribution < -0.4 is 15.6 Å². The van der Waals surface area contributed by atoms with Crippen LogP contribution in [0, 0.1) is 5.41 Å². The maximum Gasteiger partial charge on any atom is 0.325 e. The van der Waals surface area contributed by atoms with Gasteiger partial charge in [-0.2, -0.15) is 0 Å². The van der Waals surface area contributed by atoms with Crippen molar-refractivity contribution in [3.05, 3.63) is 83.9 Å². The summed E-state index contributed by atoms with van der Waals surface area (Å²) < 4.78 is 34.2. The van der Waals surface area contributed by atoms with E-state index in [1.807, 2.05) is 0 Å². The molecule has 0 saturated carbocycles. The number of nitrogens with zero attached hydrogens (tertiary/aromatic N) is 1. The predicted molar refractivity (Wildman–Crippen MR) is 129 cm³/mol. The highest BCUT2D eigenvalue weighted by atomic mass is 32.2. The molecule has 3 aromatic carbocycles. The first-order valence-corrected chi connectivity index (χ1v) is 11.8. The first-order chi connectivity index (χ1) is 16.6. The second-order valence-corrected chi connectivity index (χ2v) is 8.94. The zero-order valence-electron chi connectivity index (χ0n) is 18.8. The Hall–Kier alpha value is -4.22. The molecule has 35 heavy (non-hydrogen) atoms. The summed E-state index contributed by atoms with van der Waals surface area (Å²) in [6, 6.07) is 18.9. The highest BCUT2D eigenvalue weighted by Gasteiger charge is 2.21. The van der Waals surface area contributed by atoms with Crippen molar-refractivity contribution in [2.24, 2.45) is 10.9 Å². The minimum Gasteiger partial charge on any atom is -0.473 e. The number of hydrogen-bond donors (Lipinski definition) is 3. The number of hydrogen-bond acceptors (Lipinski definition) is 7. The number of ether oxygens (including phenoxy) is 2. The number of primary sulfonamides is 1. The van der Waals surface area contributed by atoms with Crippen molar-refractivity contribution < 1.29 is 27.5 Å². The maximum absolute atomic E-state index is 13.1. The second kappa shape index (κ2) is 10.8. The van der Waals surface area contributed by atoms with E-state index in [4.69, 9.17) is 21.0 Å². The highest BCUT2D eigenvalue weighted by molar-refractivity contribution is 7.89. The van der Waals surface area contributed by atoms with E-state index in [1.165, 1.54) is 25.3 Å². The van der Waals surface area contributed by atoms with Crippen LogP contribution in [-0.4, -0.2) is 51.4 Å². The molecule has 0 aliphatic carbocycles. The summed E-state index contributed by atoms with van der Waals surface area (Å²) in [4.78, 5) is 26.2. The third-order valence-corrected chi connectivity index (χ3v) is 5.97. The molecule has 0 fully saturated rings.